The zero-order valence-electron chi connectivity index (χ0n) is 17.4. The van der Waals surface area contributed by atoms with Crippen LogP contribution in [0, 0.1) is 0 Å². The first-order chi connectivity index (χ1) is 15.3. The van der Waals surface area contributed by atoms with Crippen molar-refractivity contribution in [2.75, 3.05) is 44.3 Å². The largest absolute Gasteiger partial charge is 0.381 e. The Balaban J connectivity index is 1.29. The smallest absolute Gasteiger partial charge is 0.317 e. The molecule has 0 unspecified atom stereocenters. The number of hydrogen-bond donors (Lipinski definition) is 1. The van der Waals surface area contributed by atoms with E-state index in [1.165, 1.54) is 0 Å². The number of carbonyl (C=O) groups excluding carboxylic acids is 1. The monoisotopic (exact) mass is 422 g/mol. The molecule has 2 aliphatic rings. The molecule has 0 bridgehead atoms. The van der Waals surface area contributed by atoms with Gasteiger partial charge in [0, 0.05) is 63.4 Å². The zero-order chi connectivity index (χ0) is 21.0. The number of fused-ring (bicyclic) bond motifs is 1. The Morgan fingerprint density at radius 1 is 1.00 bits per heavy atom. The molecule has 2 aliphatic heterocycles. The average Bonchev–Trinajstić information content (AvgIpc) is 3.08. The van der Waals surface area contributed by atoms with E-state index in [1.54, 1.807) is 16.9 Å². The summed E-state index contributed by atoms with van der Waals surface area (Å²) in [7, 11) is 0. The summed E-state index contributed by atoms with van der Waals surface area (Å²) in [5, 5.41) is 16.5. The minimum Gasteiger partial charge on any atom is -0.381 e. The van der Waals surface area contributed by atoms with Crippen LogP contribution in [-0.4, -0.2) is 81.2 Å². The van der Waals surface area contributed by atoms with E-state index in [9.17, 15) is 4.79 Å². The second-order valence-electron chi connectivity index (χ2n) is 7.88. The Hall–Kier alpha value is -3.27. The minimum atomic E-state index is 0.0240. The van der Waals surface area contributed by atoms with Crippen LogP contribution in [-0.2, 0) is 4.74 Å². The van der Waals surface area contributed by atoms with Gasteiger partial charge in [0.15, 0.2) is 11.5 Å². The second kappa shape index (κ2) is 8.84. The number of rotatable bonds is 3. The molecule has 0 aromatic carbocycles. The van der Waals surface area contributed by atoms with Crippen LogP contribution in [0.4, 0.5) is 10.6 Å². The lowest BCUT2D eigenvalue weighted by atomic mass is 10.1. The van der Waals surface area contributed by atoms with E-state index >= 15 is 0 Å². The van der Waals surface area contributed by atoms with E-state index < -0.39 is 0 Å². The minimum absolute atomic E-state index is 0.0240. The number of hydrogen-bond acceptors (Lipinski definition) is 7. The van der Waals surface area contributed by atoms with Gasteiger partial charge in [0.2, 0.25) is 0 Å². The van der Waals surface area contributed by atoms with Crippen molar-refractivity contribution < 1.29 is 9.53 Å². The Morgan fingerprint density at radius 3 is 2.68 bits per heavy atom. The predicted molar refractivity (Wildman–Crippen MR) is 115 cm³/mol. The van der Waals surface area contributed by atoms with Gasteiger partial charge in [-0.1, -0.05) is 0 Å². The molecule has 10 heteroatoms. The van der Waals surface area contributed by atoms with Crippen molar-refractivity contribution >= 4 is 17.5 Å². The van der Waals surface area contributed by atoms with E-state index in [0.29, 0.717) is 18.0 Å². The molecule has 10 nitrogen and oxygen atoms in total. The summed E-state index contributed by atoms with van der Waals surface area (Å²) in [6.07, 6.45) is 6.12. The lowest BCUT2D eigenvalue weighted by Gasteiger charge is -2.28. The Bertz CT molecular complexity index is 1030. The number of carbonyl (C=O) groups is 1. The van der Waals surface area contributed by atoms with Crippen molar-refractivity contribution in [1.82, 2.24) is 35.0 Å². The van der Waals surface area contributed by atoms with Crippen molar-refractivity contribution in [2.24, 2.45) is 0 Å². The number of ether oxygens (including phenoxy) is 1. The van der Waals surface area contributed by atoms with Crippen LogP contribution >= 0.6 is 0 Å². The molecule has 0 radical (unpaired) electrons. The molecule has 0 aliphatic carbocycles. The van der Waals surface area contributed by atoms with Gasteiger partial charge in [0.25, 0.3) is 0 Å². The van der Waals surface area contributed by atoms with Crippen LogP contribution in [0.1, 0.15) is 19.3 Å². The number of nitrogens with one attached hydrogen (secondary N) is 1. The van der Waals surface area contributed by atoms with Gasteiger partial charge in [-0.05, 0) is 43.5 Å². The SMILES string of the molecule is O=C(NC1CCOCC1)N1CCCN(c2ccc3nnc(-c4ccncc4)n3n2)CC1. The van der Waals surface area contributed by atoms with Gasteiger partial charge in [-0.15, -0.1) is 15.3 Å². The molecule has 3 aromatic heterocycles. The first-order valence-electron chi connectivity index (χ1n) is 10.8. The lowest BCUT2D eigenvalue weighted by molar-refractivity contribution is 0.0782. The highest BCUT2D eigenvalue weighted by Crippen LogP contribution is 2.20. The van der Waals surface area contributed by atoms with Crippen LogP contribution in [0.15, 0.2) is 36.7 Å². The predicted octanol–water partition coefficient (Wildman–Crippen LogP) is 1.59. The second-order valence-corrected chi connectivity index (χ2v) is 7.88. The molecule has 2 saturated heterocycles. The van der Waals surface area contributed by atoms with E-state index in [2.05, 4.69) is 25.4 Å². The molecule has 31 heavy (non-hydrogen) atoms. The van der Waals surface area contributed by atoms with Gasteiger partial charge in [0.1, 0.15) is 5.82 Å². The average molecular weight is 422 g/mol. The first kappa shape index (κ1) is 19.7. The maximum absolute atomic E-state index is 12.7. The van der Waals surface area contributed by atoms with Crippen LogP contribution in [0.5, 0.6) is 0 Å². The van der Waals surface area contributed by atoms with E-state index in [-0.39, 0.29) is 12.1 Å². The molecule has 0 atom stereocenters. The number of pyridine rings is 1. The van der Waals surface area contributed by atoms with Gasteiger partial charge >= 0.3 is 6.03 Å². The standard InChI is InChI=1S/C21H26N8O2/c30-21(23-17-6-14-31-15-7-17)28-11-1-10-27(12-13-28)19-3-2-18-24-25-20(29(18)26-19)16-4-8-22-9-5-16/h2-5,8-9,17H,1,6-7,10-15H2,(H,23,30). The molecule has 3 aromatic rings. The molecule has 2 amide bonds. The van der Waals surface area contributed by atoms with Crippen molar-refractivity contribution in [3.8, 4) is 11.4 Å². The topological polar surface area (TPSA) is 101 Å². The number of nitrogens with zero attached hydrogens (tertiary/aromatic N) is 7. The molecular weight excluding hydrogens is 396 g/mol. The third-order valence-electron chi connectivity index (χ3n) is 5.84. The van der Waals surface area contributed by atoms with Gasteiger partial charge in [-0.25, -0.2) is 4.79 Å². The summed E-state index contributed by atoms with van der Waals surface area (Å²) in [6.45, 7) is 4.41. The van der Waals surface area contributed by atoms with Crippen LogP contribution < -0.4 is 10.2 Å². The van der Waals surface area contributed by atoms with Crippen LogP contribution in [0.3, 0.4) is 0 Å². The van der Waals surface area contributed by atoms with Crippen molar-refractivity contribution in [3.05, 3.63) is 36.7 Å². The Labute approximate surface area is 180 Å². The third kappa shape index (κ3) is 4.29. The Kier molecular flexibility index (Phi) is 5.61. The van der Waals surface area contributed by atoms with Crippen molar-refractivity contribution in [1.29, 1.82) is 0 Å². The molecule has 0 spiro atoms. The summed E-state index contributed by atoms with van der Waals surface area (Å²) in [5.74, 6) is 1.54. The van der Waals surface area contributed by atoms with Gasteiger partial charge in [0.05, 0.1) is 0 Å². The van der Waals surface area contributed by atoms with Gasteiger partial charge < -0.3 is 19.9 Å². The molecular formula is C21H26N8O2. The van der Waals surface area contributed by atoms with Crippen LogP contribution in [0.2, 0.25) is 0 Å². The number of anilines is 1. The first-order valence-corrected chi connectivity index (χ1v) is 10.8. The summed E-state index contributed by atoms with van der Waals surface area (Å²) >= 11 is 0. The molecule has 0 saturated carbocycles. The fourth-order valence-corrected chi connectivity index (χ4v) is 4.09. The normalized spacial score (nSPS) is 18.2. The fraction of sp³-hybridized carbons (Fsp3) is 0.476. The molecule has 162 valence electrons. The number of urea groups is 1. The maximum Gasteiger partial charge on any atom is 0.317 e. The summed E-state index contributed by atoms with van der Waals surface area (Å²) in [6, 6.07) is 7.93. The lowest BCUT2D eigenvalue weighted by Crippen LogP contribution is -2.47. The third-order valence-corrected chi connectivity index (χ3v) is 5.84. The highest BCUT2D eigenvalue weighted by Gasteiger charge is 2.23. The van der Waals surface area contributed by atoms with E-state index in [1.807, 2.05) is 29.2 Å². The van der Waals surface area contributed by atoms with Gasteiger partial charge in [-0.3, -0.25) is 4.98 Å². The summed E-state index contributed by atoms with van der Waals surface area (Å²) in [5.41, 5.74) is 1.61. The zero-order valence-corrected chi connectivity index (χ0v) is 17.4. The molecule has 1 N–H and O–H groups in total. The number of aromatic nitrogens is 5. The summed E-state index contributed by atoms with van der Waals surface area (Å²) in [4.78, 5) is 20.9. The number of amides is 2. The van der Waals surface area contributed by atoms with Gasteiger partial charge in [-0.2, -0.15) is 4.52 Å². The van der Waals surface area contributed by atoms with E-state index in [0.717, 1.165) is 63.5 Å². The van der Waals surface area contributed by atoms with E-state index in [4.69, 9.17) is 9.84 Å². The highest BCUT2D eigenvalue weighted by atomic mass is 16.5. The highest BCUT2D eigenvalue weighted by molar-refractivity contribution is 5.74. The molecule has 5 heterocycles. The molecule has 5 rings (SSSR count). The van der Waals surface area contributed by atoms with Crippen LogP contribution in [0.25, 0.3) is 17.0 Å². The quantitative estimate of drug-likeness (QED) is 0.684. The summed E-state index contributed by atoms with van der Waals surface area (Å²) < 4.78 is 7.15. The van der Waals surface area contributed by atoms with Crippen molar-refractivity contribution in [2.45, 2.75) is 25.3 Å². The maximum atomic E-state index is 12.7. The molecule has 2 fully saturated rings. The fourth-order valence-electron chi connectivity index (χ4n) is 4.09. The van der Waals surface area contributed by atoms with Crippen molar-refractivity contribution in [3.63, 3.8) is 0 Å². The Morgan fingerprint density at radius 2 is 1.84 bits per heavy atom.